The molecule has 2 amide bonds. The van der Waals surface area contributed by atoms with Gasteiger partial charge in [0, 0.05) is 11.7 Å². The van der Waals surface area contributed by atoms with Gasteiger partial charge in [-0.15, -0.1) is 0 Å². The van der Waals surface area contributed by atoms with Gasteiger partial charge in [0.2, 0.25) is 0 Å². The fourth-order valence-corrected chi connectivity index (χ4v) is 2.17. The zero-order chi connectivity index (χ0) is 15.8. The van der Waals surface area contributed by atoms with Gasteiger partial charge < -0.3 is 15.4 Å². The fraction of sp³-hybridized carbons (Fsp3) is 0.278. The van der Waals surface area contributed by atoms with E-state index in [0.717, 1.165) is 24.3 Å². The van der Waals surface area contributed by atoms with Gasteiger partial charge in [0.15, 0.2) is 0 Å². The maximum Gasteiger partial charge on any atom is 0.319 e. The minimum Gasteiger partial charge on any atom is -0.497 e. The molecule has 0 spiro atoms. The van der Waals surface area contributed by atoms with Crippen molar-refractivity contribution in [3.63, 3.8) is 0 Å². The molecule has 22 heavy (non-hydrogen) atoms. The highest BCUT2D eigenvalue weighted by molar-refractivity contribution is 5.89. The van der Waals surface area contributed by atoms with Crippen molar-refractivity contribution in [1.82, 2.24) is 5.32 Å². The van der Waals surface area contributed by atoms with Gasteiger partial charge in [0.25, 0.3) is 0 Å². The van der Waals surface area contributed by atoms with Crippen LogP contribution >= 0.6 is 0 Å². The monoisotopic (exact) mass is 298 g/mol. The van der Waals surface area contributed by atoms with Gasteiger partial charge in [0.1, 0.15) is 5.75 Å². The SMILES string of the molecule is COc1ccc(NC(=O)NC(C)CCc2ccccc2)cc1. The smallest absolute Gasteiger partial charge is 0.319 e. The summed E-state index contributed by atoms with van der Waals surface area (Å²) in [5.74, 6) is 0.766. The van der Waals surface area contributed by atoms with Crippen molar-refractivity contribution in [2.24, 2.45) is 0 Å². The van der Waals surface area contributed by atoms with Gasteiger partial charge in [0.05, 0.1) is 7.11 Å². The number of anilines is 1. The van der Waals surface area contributed by atoms with E-state index in [2.05, 4.69) is 22.8 Å². The summed E-state index contributed by atoms with van der Waals surface area (Å²) in [5.41, 5.74) is 2.03. The van der Waals surface area contributed by atoms with Crippen LogP contribution in [0.25, 0.3) is 0 Å². The Labute approximate surface area is 131 Å². The summed E-state index contributed by atoms with van der Waals surface area (Å²) in [5, 5.41) is 5.76. The van der Waals surface area contributed by atoms with E-state index in [0.29, 0.717) is 0 Å². The molecule has 4 heteroatoms. The number of hydrogen-bond donors (Lipinski definition) is 2. The average molecular weight is 298 g/mol. The largest absolute Gasteiger partial charge is 0.497 e. The number of benzene rings is 2. The zero-order valence-corrected chi connectivity index (χ0v) is 13.0. The highest BCUT2D eigenvalue weighted by atomic mass is 16.5. The van der Waals surface area contributed by atoms with Crippen molar-refractivity contribution in [3.8, 4) is 5.75 Å². The summed E-state index contributed by atoms with van der Waals surface area (Å²) >= 11 is 0. The number of carbonyl (C=O) groups is 1. The third kappa shape index (κ3) is 5.13. The number of ether oxygens (including phenoxy) is 1. The quantitative estimate of drug-likeness (QED) is 0.851. The first-order valence-corrected chi connectivity index (χ1v) is 7.43. The molecule has 0 bridgehead atoms. The number of aryl methyl sites for hydroxylation is 1. The van der Waals surface area contributed by atoms with Gasteiger partial charge in [-0.1, -0.05) is 30.3 Å². The molecule has 2 rings (SSSR count). The van der Waals surface area contributed by atoms with Crippen LogP contribution in [-0.4, -0.2) is 19.2 Å². The molecule has 0 heterocycles. The summed E-state index contributed by atoms with van der Waals surface area (Å²) in [6.45, 7) is 2.01. The molecule has 2 aromatic carbocycles. The lowest BCUT2D eigenvalue weighted by Crippen LogP contribution is -2.36. The van der Waals surface area contributed by atoms with Crippen molar-refractivity contribution < 1.29 is 9.53 Å². The second-order valence-corrected chi connectivity index (χ2v) is 5.25. The van der Waals surface area contributed by atoms with E-state index < -0.39 is 0 Å². The van der Waals surface area contributed by atoms with Crippen LogP contribution in [0.3, 0.4) is 0 Å². The Bertz CT molecular complexity index is 582. The Morgan fingerprint density at radius 2 is 1.77 bits per heavy atom. The van der Waals surface area contributed by atoms with E-state index in [1.165, 1.54) is 5.56 Å². The first kappa shape index (κ1) is 15.9. The molecular weight excluding hydrogens is 276 g/mol. The third-order valence-corrected chi connectivity index (χ3v) is 3.43. The highest BCUT2D eigenvalue weighted by Crippen LogP contribution is 2.14. The first-order chi connectivity index (χ1) is 10.7. The van der Waals surface area contributed by atoms with Crippen LogP contribution in [0.4, 0.5) is 10.5 Å². The molecule has 116 valence electrons. The van der Waals surface area contributed by atoms with Gasteiger partial charge in [-0.2, -0.15) is 0 Å². The molecule has 0 aliphatic carbocycles. The number of carbonyl (C=O) groups excluding carboxylic acids is 1. The lowest BCUT2D eigenvalue weighted by molar-refractivity contribution is 0.248. The maximum atomic E-state index is 11.9. The topological polar surface area (TPSA) is 50.4 Å². The second-order valence-electron chi connectivity index (χ2n) is 5.25. The molecular formula is C18H22N2O2. The number of urea groups is 1. The number of hydrogen-bond acceptors (Lipinski definition) is 2. The van der Waals surface area contributed by atoms with Crippen molar-refractivity contribution in [1.29, 1.82) is 0 Å². The number of methoxy groups -OCH3 is 1. The Morgan fingerprint density at radius 1 is 1.09 bits per heavy atom. The number of rotatable bonds is 6. The minimum absolute atomic E-state index is 0.110. The van der Waals surface area contributed by atoms with E-state index in [9.17, 15) is 4.79 Å². The van der Waals surface area contributed by atoms with Crippen molar-refractivity contribution >= 4 is 11.7 Å². The summed E-state index contributed by atoms with van der Waals surface area (Å²) in [7, 11) is 1.61. The molecule has 0 aliphatic rings. The fourth-order valence-electron chi connectivity index (χ4n) is 2.17. The third-order valence-electron chi connectivity index (χ3n) is 3.43. The van der Waals surface area contributed by atoms with Gasteiger partial charge in [-0.25, -0.2) is 4.79 Å². The van der Waals surface area contributed by atoms with Crippen LogP contribution in [0.5, 0.6) is 5.75 Å². The molecule has 1 unspecified atom stereocenters. The summed E-state index contributed by atoms with van der Waals surface area (Å²) < 4.78 is 5.08. The molecule has 0 radical (unpaired) electrons. The van der Waals surface area contributed by atoms with Crippen LogP contribution < -0.4 is 15.4 Å². The lowest BCUT2D eigenvalue weighted by atomic mass is 10.1. The predicted octanol–water partition coefficient (Wildman–Crippen LogP) is 3.84. The minimum atomic E-state index is -0.189. The van der Waals surface area contributed by atoms with Crippen LogP contribution in [-0.2, 0) is 6.42 Å². The van der Waals surface area contributed by atoms with Crippen molar-refractivity contribution in [2.75, 3.05) is 12.4 Å². The van der Waals surface area contributed by atoms with Crippen LogP contribution in [0, 0.1) is 0 Å². The molecule has 0 fully saturated rings. The van der Waals surface area contributed by atoms with E-state index in [4.69, 9.17) is 4.74 Å². The molecule has 0 aromatic heterocycles. The van der Waals surface area contributed by atoms with Crippen LogP contribution in [0.2, 0.25) is 0 Å². The molecule has 0 aliphatic heterocycles. The van der Waals surface area contributed by atoms with Gasteiger partial charge in [-0.05, 0) is 49.6 Å². The molecule has 0 saturated heterocycles. The highest BCUT2D eigenvalue weighted by Gasteiger charge is 2.07. The summed E-state index contributed by atoms with van der Waals surface area (Å²) in [6.07, 6.45) is 1.85. The van der Waals surface area contributed by atoms with Crippen molar-refractivity contribution in [2.45, 2.75) is 25.8 Å². The lowest BCUT2D eigenvalue weighted by Gasteiger charge is -2.15. The molecule has 0 saturated carbocycles. The molecule has 4 nitrogen and oxygen atoms in total. The van der Waals surface area contributed by atoms with Crippen LogP contribution in [0.1, 0.15) is 18.9 Å². The Balaban J connectivity index is 1.75. The predicted molar refractivity (Wildman–Crippen MR) is 89.4 cm³/mol. The molecule has 1 atom stereocenters. The van der Waals surface area contributed by atoms with Crippen molar-refractivity contribution in [3.05, 3.63) is 60.2 Å². The molecule has 2 N–H and O–H groups in total. The maximum absolute atomic E-state index is 11.9. The number of nitrogens with one attached hydrogen (secondary N) is 2. The van der Waals surface area contributed by atoms with E-state index in [1.807, 2.05) is 49.4 Å². The van der Waals surface area contributed by atoms with E-state index in [-0.39, 0.29) is 12.1 Å². The Kier molecular flexibility index (Phi) is 5.83. The standard InChI is InChI=1S/C18H22N2O2/c1-14(8-9-15-6-4-3-5-7-15)19-18(21)20-16-10-12-17(22-2)13-11-16/h3-7,10-14H,8-9H2,1-2H3,(H2,19,20,21). The van der Waals surface area contributed by atoms with Gasteiger partial charge in [-0.3, -0.25) is 0 Å². The van der Waals surface area contributed by atoms with E-state index >= 15 is 0 Å². The number of amides is 2. The van der Waals surface area contributed by atoms with Crippen LogP contribution in [0.15, 0.2) is 54.6 Å². The first-order valence-electron chi connectivity index (χ1n) is 7.43. The summed E-state index contributed by atoms with van der Waals surface area (Å²) in [4.78, 5) is 11.9. The average Bonchev–Trinajstić information content (AvgIpc) is 2.54. The van der Waals surface area contributed by atoms with E-state index in [1.54, 1.807) is 7.11 Å². The van der Waals surface area contributed by atoms with Gasteiger partial charge >= 0.3 is 6.03 Å². The molecule has 2 aromatic rings. The Hall–Kier alpha value is -2.49. The normalized spacial score (nSPS) is 11.5. The summed E-state index contributed by atoms with van der Waals surface area (Å²) in [6, 6.07) is 17.4. The second kappa shape index (κ2) is 8.08. The Morgan fingerprint density at radius 3 is 2.41 bits per heavy atom. The zero-order valence-electron chi connectivity index (χ0n) is 13.0.